The molecule has 3 atom stereocenters. The molecule has 2 amide bonds. The van der Waals surface area contributed by atoms with Crippen LogP contribution in [-0.4, -0.2) is 48.3 Å². The maximum Gasteiger partial charge on any atom is 0.326 e. The number of imide groups is 1. The molecule has 3 unspecified atom stereocenters. The zero-order chi connectivity index (χ0) is 26.4. The molecule has 0 saturated carbocycles. The first-order valence-electron chi connectivity index (χ1n) is 12.0. The van der Waals surface area contributed by atoms with Gasteiger partial charge in [-0.1, -0.05) is 52.9 Å². The van der Waals surface area contributed by atoms with Gasteiger partial charge in [-0.15, -0.1) is 0 Å². The monoisotopic (exact) mass is 537 g/mol. The first kappa shape index (κ1) is 25.3. The number of amides is 2. The van der Waals surface area contributed by atoms with Gasteiger partial charge in [0.2, 0.25) is 11.8 Å². The molecule has 1 fully saturated rings. The molecule has 3 heterocycles. The summed E-state index contributed by atoms with van der Waals surface area (Å²) < 4.78 is 6.46. The average Bonchev–Trinajstić information content (AvgIpc) is 3.31. The quantitative estimate of drug-likeness (QED) is 0.350. The Labute approximate surface area is 222 Å². The first-order chi connectivity index (χ1) is 17.7. The predicted octanol–water partition coefficient (Wildman–Crippen LogP) is 3.64. The third-order valence-corrected chi connectivity index (χ3v) is 9.31. The van der Waals surface area contributed by atoms with Crippen LogP contribution < -0.4 is 14.7 Å². The van der Waals surface area contributed by atoms with Gasteiger partial charge in [0, 0.05) is 30.6 Å². The smallest absolute Gasteiger partial charge is 0.326 e. The first-order valence-corrected chi connectivity index (χ1v) is 13.7. The number of rotatable bonds is 6. The summed E-state index contributed by atoms with van der Waals surface area (Å²) in [6, 6.07) is 15.1. The van der Waals surface area contributed by atoms with Crippen molar-refractivity contribution in [2.24, 2.45) is 5.92 Å². The van der Waals surface area contributed by atoms with Crippen molar-refractivity contribution in [3.63, 3.8) is 0 Å². The van der Waals surface area contributed by atoms with Gasteiger partial charge in [-0.3, -0.25) is 23.7 Å². The predicted molar refractivity (Wildman–Crippen MR) is 145 cm³/mol. The molecule has 0 aliphatic carbocycles. The van der Waals surface area contributed by atoms with Crippen LogP contribution >= 0.6 is 23.1 Å². The molecule has 1 saturated heterocycles. The van der Waals surface area contributed by atoms with E-state index >= 15 is 0 Å². The van der Waals surface area contributed by atoms with Crippen molar-refractivity contribution < 1.29 is 19.1 Å². The number of fused-ring (bicyclic) bond motifs is 2. The molecule has 0 radical (unpaired) electrons. The number of carbonyl (C=O) groups is 3. The maximum absolute atomic E-state index is 13.9. The highest BCUT2D eigenvalue weighted by atomic mass is 32.2. The number of aryl methyl sites for hydroxylation is 1. The van der Waals surface area contributed by atoms with Crippen molar-refractivity contribution in [1.82, 2.24) is 4.57 Å². The lowest BCUT2D eigenvalue weighted by Gasteiger charge is -2.31. The Balaban J connectivity index is 1.63. The van der Waals surface area contributed by atoms with Crippen molar-refractivity contribution in [2.45, 2.75) is 36.6 Å². The Kier molecular flexibility index (Phi) is 6.72. The lowest BCUT2D eigenvalue weighted by Crippen LogP contribution is -2.32. The van der Waals surface area contributed by atoms with Crippen LogP contribution in [0.4, 0.5) is 11.4 Å². The number of aromatic nitrogens is 1. The summed E-state index contributed by atoms with van der Waals surface area (Å²) in [7, 11) is 3.89. The van der Waals surface area contributed by atoms with Crippen molar-refractivity contribution in [3.8, 4) is 0 Å². The van der Waals surface area contributed by atoms with Crippen molar-refractivity contribution in [3.05, 3.63) is 74.2 Å². The van der Waals surface area contributed by atoms with E-state index < -0.39 is 23.1 Å². The van der Waals surface area contributed by atoms with Crippen LogP contribution in [0.3, 0.4) is 0 Å². The fourth-order valence-corrected chi connectivity index (χ4v) is 7.65. The van der Waals surface area contributed by atoms with Gasteiger partial charge in [-0.2, -0.15) is 0 Å². The van der Waals surface area contributed by atoms with E-state index in [-0.39, 0.29) is 29.8 Å². The number of benzene rings is 2. The third kappa shape index (κ3) is 4.38. The van der Waals surface area contributed by atoms with Gasteiger partial charge in [0.1, 0.15) is 11.8 Å². The van der Waals surface area contributed by atoms with Gasteiger partial charge in [-0.25, -0.2) is 4.90 Å². The van der Waals surface area contributed by atoms with E-state index in [1.54, 1.807) is 19.1 Å². The Morgan fingerprint density at radius 2 is 1.68 bits per heavy atom. The topological polar surface area (TPSA) is 88.9 Å². The van der Waals surface area contributed by atoms with Gasteiger partial charge in [0.15, 0.2) is 0 Å². The standard InChI is InChI=1S/C27H27N3O5S2/c1-5-35-19(31)14-29-26-23(37-27(29)34)20(16-8-12-17(13-9-16)28(3)4)21-22(36-26)25(33)30(24(21)32)18-10-6-15(2)7-11-18/h6-13,20-22H,5,14H2,1-4H3. The van der Waals surface area contributed by atoms with E-state index in [4.69, 9.17) is 4.74 Å². The molecule has 192 valence electrons. The Morgan fingerprint density at radius 1 is 1.00 bits per heavy atom. The van der Waals surface area contributed by atoms with Gasteiger partial charge in [-0.05, 0) is 43.7 Å². The maximum atomic E-state index is 13.9. The van der Waals surface area contributed by atoms with Gasteiger partial charge < -0.3 is 9.64 Å². The highest BCUT2D eigenvalue weighted by Crippen LogP contribution is 2.54. The molecule has 8 nitrogen and oxygen atoms in total. The van der Waals surface area contributed by atoms with Crippen LogP contribution in [-0.2, 0) is 25.7 Å². The number of nitrogens with zero attached hydrogens (tertiary/aromatic N) is 3. The normalized spacial score (nSPS) is 20.5. The number of thiazole rings is 1. The minimum Gasteiger partial charge on any atom is -0.465 e. The summed E-state index contributed by atoms with van der Waals surface area (Å²) in [6.07, 6.45) is 0. The summed E-state index contributed by atoms with van der Waals surface area (Å²) in [5.74, 6) is -2.28. The number of hydrogen-bond donors (Lipinski definition) is 0. The van der Waals surface area contributed by atoms with E-state index in [0.29, 0.717) is 15.6 Å². The van der Waals surface area contributed by atoms with Gasteiger partial charge >= 0.3 is 10.8 Å². The summed E-state index contributed by atoms with van der Waals surface area (Å²) in [5, 5.41) is -0.167. The molecule has 2 aliphatic rings. The fourth-order valence-electron chi connectivity index (χ4n) is 4.88. The number of carbonyl (C=O) groups excluding carboxylic acids is 3. The van der Waals surface area contributed by atoms with E-state index in [2.05, 4.69) is 0 Å². The molecule has 2 aliphatic heterocycles. The van der Waals surface area contributed by atoms with Crippen molar-refractivity contribution in [2.75, 3.05) is 30.5 Å². The number of ether oxygens (including phenoxy) is 1. The summed E-state index contributed by atoms with van der Waals surface area (Å²) in [5.41, 5.74) is 3.40. The van der Waals surface area contributed by atoms with Crippen LogP contribution in [0, 0.1) is 12.8 Å². The lowest BCUT2D eigenvalue weighted by molar-refractivity contribution is -0.144. The SMILES string of the molecule is CCOC(=O)Cn1c2c(sc1=O)C(c1ccc(N(C)C)cc1)C1C(=O)N(c3ccc(C)cc3)C(=O)C1S2. The molecule has 0 spiro atoms. The summed E-state index contributed by atoms with van der Waals surface area (Å²) >= 11 is 2.23. The number of anilines is 2. The van der Waals surface area contributed by atoms with Crippen LogP contribution in [0.15, 0.2) is 58.4 Å². The number of esters is 1. The van der Waals surface area contributed by atoms with E-state index in [9.17, 15) is 19.2 Å². The highest BCUT2D eigenvalue weighted by Gasteiger charge is 2.56. The van der Waals surface area contributed by atoms with Crippen LogP contribution in [0.2, 0.25) is 0 Å². The third-order valence-electron chi connectivity index (χ3n) is 6.70. The van der Waals surface area contributed by atoms with Crippen molar-refractivity contribution >= 4 is 52.3 Å². The second-order valence-electron chi connectivity index (χ2n) is 9.30. The van der Waals surface area contributed by atoms with E-state index in [1.165, 1.54) is 21.2 Å². The molecular weight excluding hydrogens is 510 g/mol. The number of hydrogen-bond acceptors (Lipinski definition) is 8. The zero-order valence-corrected chi connectivity index (χ0v) is 22.6. The highest BCUT2D eigenvalue weighted by molar-refractivity contribution is 8.00. The molecule has 10 heteroatoms. The minimum atomic E-state index is -0.720. The van der Waals surface area contributed by atoms with Gasteiger partial charge in [0.25, 0.3) is 0 Å². The van der Waals surface area contributed by atoms with Crippen LogP contribution in [0.25, 0.3) is 0 Å². The second-order valence-corrected chi connectivity index (χ2v) is 11.4. The van der Waals surface area contributed by atoms with Crippen molar-refractivity contribution in [1.29, 1.82) is 0 Å². The average molecular weight is 538 g/mol. The fraction of sp³-hybridized carbons (Fsp3) is 0.333. The summed E-state index contributed by atoms with van der Waals surface area (Å²) in [6.45, 7) is 3.62. The van der Waals surface area contributed by atoms with Crippen LogP contribution in [0.5, 0.6) is 0 Å². The molecule has 3 aromatic rings. The Bertz CT molecular complexity index is 1430. The minimum absolute atomic E-state index is 0.205. The molecule has 0 N–H and O–H groups in total. The van der Waals surface area contributed by atoms with E-state index in [0.717, 1.165) is 28.2 Å². The Hall–Kier alpha value is -3.37. The van der Waals surface area contributed by atoms with E-state index in [1.807, 2.05) is 62.3 Å². The molecule has 5 rings (SSSR count). The lowest BCUT2D eigenvalue weighted by atomic mass is 9.83. The zero-order valence-electron chi connectivity index (χ0n) is 21.0. The van der Waals surface area contributed by atoms with Gasteiger partial charge in [0.05, 0.1) is 23.2 Å². The second kappa shape index (κ2) is 9.83. The van der Waals surface area contributed by atoms with Crippen LogP contribution in [0.1, 0.15) is 28.8 Å². The molecular formula is C27H27N3O5S2. The summed E-state index contributed by atoms with van der Waals surface area (Å²) in [4.78, 5) is 56.6. The molecule has 37 heavy (non-hydrogen) atoms. The largest absolute Gasteiger partial charge is 0.465 e. The Morgan fingerprint density at radius 3 is 2.30 bits per heavy atom. The molecule has 1 aromatic heterocycles. The molecule has 2 aromatic carbocycles. The number of thioether (sulfide) groups is 1. The molecule has 0 bridgehead atoms.